The van der Waals surface area contributed by atoms with Gasteiger partial charge >= 0.3 is 0 Å². The molecule has 0 atom stereocenters. The number of carbonyl (C=O) groups is 1. The molecule has 0 unspecified atom stereocenters. The quantitative estimate of drug-likeness (QED) is 0.624. The molecule has 174 valence electrons. The molecule has 0 bridgehead atoms. The van der Waals surface area contributed by atoms with Gasteiger partial charge in [0.1, 0.15) is 0 Å². The minimum Gasteiger partial charge on any atom is -0.490 e. The number of likely N-dealkylation sites (tertiary alicyclic amines) is 1. The monoisotopic (exact) mass is 462 g/mol. The number of ether oxygens (including phenoxy) is 2. The van der Waals surface area contributed by atoms with Crippen molar-refractivity contribution in [1.29, 1.82) is 0 Å². The summed E-state index contributed by atoms with van der Waals surface area (Å²) in [4.78, 5) is 14.8. The first-order valence-corrected chi connectivity index (χ1v) is 12.2. The van der Waals surface area contributed by atoms with Gasteiger partial charge in [-0.3, -0.25) is 9.52 Å². The Morgan fingerprint density at radius 1 is 1.09 bits per heavy atom. The molecule has 1 fully saturated rings. The fourth-order valence-electron chi connectivity index (χ4n) is 3.61. The number of para-hydroxylation sites is 1. The number of nitrogens with one attached hydrogen (secondary N) is 1. The van der Waals surface area contributed by atoms with Gasteiger partial charge in [0.15, 0.2) is 11.5 Å². The first-order valence-electron chi connectivity index (χ1n) is 10.8. The molecule has 1 saturated heterocycles. The van der Waals surface area contributed by atoms with Crippen LogP contribution in [0.4, 0.5) is 5.69 Å². The maximum atomic E-state index is 13.2. The van der Waals surface area contributed by atoms with Gasteiger partial charge in [-0.1, -0.05) is 12.1 Å². The molecule has 1 heterocycles. The van der Waals surface area contributed by atoms with Gasteiger partial charge in [0.25, 0.3) is 15.9 Å². The molecule has 9 heteroatoms. The number of anilines is 1. The van der Waals surface area contributed by atoms with Crippen molar-refractivity contribution in [3.63, 3.8) is 0 Å². The van der Waals surface area contributed by atoms with Gasteiger partial charge in [0, 0.05) is 19.2 Å². The van der Waals surface area contributed by atoms with Gasteiger partial charge in [-0.2, -0.15) is 0 Å². The molecule has 0 radical (unpaired) electrons. The Hall–Kier alpha value is -2.78. The van der Waals surface area contributed by atoms with E-state index >= 15 is 0 Å². The minimum atomic E-state index is -4.00. The molecular formula is C23H30N2O6S. The van der Waals surface area contributed by atoms with Gasteiger partial charge in [-0.25, -0.2) is 8.42 Å². The number of hydrogen-bond donors (Lipinski definition) is 2. The van der Waals surface area contributed by atoms with Gasteiger partial charge in [-0.15, -0.1) is 0 Å². The fraction of sp³-hybridized carbons (Fsp3) is 0.435. The van der Waals surface area contributed by atoms with Crippen molar-refractivity contribution in [3.05, 3.63) is 47.5 Å². The highest BCUT2D eigenvalue weighted by molar-refractivity contribution is 7.92. The average molecular weight is 463 g/mol. The standard InChI is InChI=1S/C23H30N2O6S/c1-4-30-20-10-9-18(15-21(20)31-5-2)32(28,29)24-22-16(3)7-6-8-19(22)23(27)25-13-11-17(26)12-14-25/h6-10,15,17,24,26H,4-5,11-14H2,1-3H3. The molecule has 1 aliphatic rings. The number of amides is 1. The molecule has 0 aromatic heterocycles. The third-order valence-electron chi connectivity index (χ3n) is 5.32. The zero-order chi connectivity index (χ0) is 23.3. The highest BCUT2D eigenvalue weighted by atomic mass is 32.2. The van der Waals surface area contributed by atoms with Crippen LogP contribution in [0.1, 0.15) is 42.6 Å². The Kier molecular flexibility index (Phi) is 7.63. The SMILES string of the molecule is CCOc1ccc(S(=O)(=O)Nc2c(C)cccc2C(=O)N2CCC(O)CC2)cc1OCC. The van der Waals surface area contributed by atoms with Crippen molar-refractivity contribution in [3.8, 4) is 11.5 Å². The highest BCUT2D eigenvalue weighted by Gasteiger charge is 2.27. The Morgan fingerprint density at radius 2 is 1.75 bits per heavy atom. The molecule has 32 heavy (non-hydrogen) atoms. The van der Waals surface area contributed by atoms with Gasteiger partial charge in [-0.05, 0) is 57.4 Å². The van der Waals surface area contributed by atoms with Gasteiger partial charge < -0.3 is 19.5 Å². The molecule has 0 aliphatic carbocycles. The van der Waals surface area contributed by atoms with Crippen LogP contribution in [0.2, 0.25) is 0 Å². The maximum absolute atomic E-state index is 13.2. The number of carbonyl (C=O) groups excluding carboxylic acids is 1. The van der Waals surface area contributed by atoms with Gasteiger partial charge in [0.05, 0.1) is 35.5 Å². The summed E-state index contributed by atoms with van der Waals surface area (Å²) in [6.07, 6.45) is 0.601. The topological polar surface area (TPSA) is 105 Å². The number of sulfonamides is 1. The molecule has 1 amide bonds. The van der Waals surface area contributed by atoms with Crippen LogP contribution in [0.5, 0.6) is 11.5 Å². The second kappa shape index (κ2) is 10.2. The first kappa shape index (κ1) is 23.9. The molecule has 2 aromatic rings. The average Bonchev–Trinajstić information content (AvgIpc) is 2.76. The summed E-state index contributed by atoms with van der Waals surface area (Å²) < 4.78 is 40.1. The van der Waals surface area contributed by atoms with E-state index in [1.165, 1.54) is 12.1 Å². The van der Waals surface area contributed by atoms with E-state index in [2.05, 4.69) is 4.72 Å². The van der Waals surface area contributed by atoms with Crippen molar-refractivity contribution in [2.45, 2.75) is 44.6 Å². The molecule has 2 N–H and O–H groups in total. The maximum Gasteiger partial charge on any atom is 0.262 e. The van der Waals surface area contributed by atoms with Crippen molar-refractivity contribution in [2.24, 2.45) is 0 Å². The third-order valence-corrected chi connectivity index (χ3v) is 6.66. The van der Waals surface area contributed by atoms with Gasteiger partial charge in [0.2, 0.25) is 0 Å². The molecule has 1 aliphatic heterocycles. The molecule has 0 saturated carbocycles. The number of hydrogen-bond acceptors (Lipinski definition) is 6. The smallest absolute Gasteiger partial charge is 0.262 e. The second-order valence-electron chi connectivity index (χ2n) is 7.60. The Morgan fingerprint density at radius 3 is 2.41 bits per heavy atom. The molecule has 3 rings (SSSR count). The lowest BCUT2D eigenvalue weighted by Crippen LogP contribution is -2.40. The number of piperidine rings is 1. The molecule has 0 spiro atoms. The van der Waals surface area contributed by atoms with Crippen LogP contribution in [0, 0.1) is 6.92 Å². The molecule has 2 aromatic carbocycles. The predicted molar refractivity (Wildman–Crippen MR) is 122 cm³/mol. The Balaban J connectivity index is 1.93. The van der Waals surface area contributed by atoms with E-state index in [-0.39, 0.29) is 22.1 Å². The summed E-state index contributed by atoms with van der Waals surface area (Å²) in [5.41, 5.74) is 1.16. The zero-order valence-corrected chi connectivity index (χ0v) is 19.4. The summed E-state index contributed by atoms with van der Waals surface area (Å²) in [5, 5.41) is 9.72. The van der Waals surface area contributed by atoms with Crippen LogP contribution in [0.3, 0.4) is 0 Å². The highest BCUT2D eigenvalue weighted by Crippen LogP contribution is 2.32. The predicted octanol–water partition coefficient (Wildman–Crippen LogP) is 3.19. The number of benzene rings is 2. The summed E-state index contributed by atoms with van der Waals surface area (Å²) in [5.74, 6) is 0.539. The van der Waals surface area contributed by atoms with E-state index in [9.17, 15) is 18.3 Å². The van der Waals surface area contributed by atoms with E-state index in [0.717, 1.165) is 0 Å². The Labute approximate surface area is 189 Å². The van der Waals surface area contributed by atoms with E-state index in [0.29, 0.717) is 56.2 Å². The number of aliphatic hydroxyl groups is 1. The summed E-state index contributed by atoms with van der Waals surface area (Å²) in [6, 6.07) is 9.51. The van der Waals surface area contributed by atoms with Crippen molar-refractivity contribution >= 4 is 21.6 Å². The van der Waals surface area contributed by atoms with Crippen molar-refractivity contribution in [2.75, 3.05) is 31.0 Å². The van der Waals surface area contributed by atoms with Crippen LogP contribution in [-0.2, 0) is 10.0 Å². The van der Waals surface area contributed by atoms with Crippen LogP contribution in [0.25, 0.3) is 0 Å². The van der Waals surface area contributed by atoms with Crippen LogP contribution in [0.15, 0.2) is 41.3 Å². The normalized spacial score (nSPS) is 14.8. The summed E-state index contributed by atoms with van der Waals surface area (Å²) in [6.45, 7) is 7.03. The lowest BCUT2D eigenvalue weighted by molar-refractivity contribution is 0.0547. The van der Waals surface area contributed by atoms with E-state index in [4.69, 9.17) is 9.47 Å². The van der Waals surface area contributed by atoms with Crippen LogP contribution in [-0.4, -0.2) is 56.7 Å². The van der Waals surface area contributed by atoms with Crippen LogP contribution < -0.4 is 14.2 Å². The number of aryl methyl sites for hydroxylation is 1. The largest absolute Gasteiger partial charge is 0.490 e. The lowest BCUT2D eigenvalue weighted by Gasteiger charge is -2.30. The van der Waals surface area contributed by atoms with E-state index in [1.807, 2.05) is 6.92 Å². The fourth-order valence-corrected chi connectivity index (χ4v) is 4.78. The number of aliphatic hydroxyl groups excluding tert-OH is 1. The number of nitrogens with zero attached hydrogens (tertiary/aromatic N) is 1. The molecule has 8 nitrogen and oxygen atoms in total. The minimum absolute atomic E-state index is 0.00662. The summed E-state index contributed by atoms with van der Waals surface area (Å²) >= 11 is 0. The first-order chi connectivity index (χ1) is 15.3. The summed E-state index contributed by atoms with van der Waals surface area (Å²) in [7, 11) is -4.00. The van der Waals surface area contributed by atoms with Crippen LogP contribution >= 0.6 is 0 Å². The van der Waals surface area contributed by atoms with E-state index < -0.39 is 16.1 Å². The number of rotatable bonds is 8. The Bertz CT molecular complexity index is 1060. The van der Waals surface area contributed by atoms with Crippen molar-refractivity contribution < 1.29 is 27.8 Å². The van der Waals surface area contributed by atoms with Crippen molar-refractivity contribution in [1.82, 2.24) is 4.90 Å². The lowest BCUT2D eigenvalue weighted by atomic mass is 10.0. The second-order valence-corrected chi connectivity index (χ2v) is 9.28. The molecular weight excluding hydrogens is 432 g/mol. The van der Waals surface area contributed by atoms with E-state index in [1.54, 1.807) is 43.0 Å². The third kappa shape index (κ3) is 5.34. The zero-order valence-electron chi connectivity index (χ0n) is 18.6.